The van der Waals surface area contributed by atoms with Crippen molar-refractivity contribution in [3.63, 3.8) is 0 Å². The third-order valence-electron chi connectivity index (χ3n) is 1.51. The second kappa shape index (κ2) is 2.47. The number of nitrogens with zero attached hydrogens (tertiary/aromatic N) is 2. The van der Waals surface area contributed by atoms with Crippen LogP contribution in [-0.4, -0.2) is 13.1 Å². The van der Waals surface area contributed by atoms with Gasteiger partial charge in [0.05, 0.1) is 7.05 Å². The Morgan fingerprint density at radius 3 is 2.36 bits per heavy atom. The van der Waals surface area contributed by atoms with Gasteiger partial charge in [-0.3, -0.25) is 0 Å². The number of halogens is 1. The van der Waals surface area contributed by atoms with Crippen molar-refractivity contribution in [2.45, 2.75) is 6.92 Å². The van der Waals surface area contributed by atoms with E-state index in [9.17, 15) is 3.89 Å². The minimum Gasteiger partial charge on any atom is -0.240 e. The van der Waals surface area contributed by atoms with Crippen LogP contribution in [0.3, 0.4) is 0 Å². The quantitative estimate of drug-likeness (QED) is 0.635. The number of hydrogen-bond donors (Lipinski definition) is 2. The van der Waals surface area contributed by atoms with Crippen LogP contribution in [0.1, 0.15) is 5.82 Å². The summed E-state index contributed by atoms with van der Waals surface area (Å²) in [5.41, 5.74) is 0. The van der Waals surface area contributed by atoms with E-state index in [1.165, 1.54) is 6.20 Å². The molecule has 0 radical (unpaired) electrons. The third kappa shape index (κ3) is 1.52. The molecule has 0 aromatic carbocycles. The molecule has 0 aliphatic rings. The minimum absolute atomic E-state index is 0.451. The van der Waals surface area contributed by atoms with Crippen molar-refractivity contribution in [1.29, 1.82) is 0 Å². The highest BCUT2D eigenvalue weighted by Gasteiger charge is 2.23. The van der Waals surface area contributed by atoms with Crippen molar-refractivity contribution >= 4 is 11.2 Å². The summed E-state index contributed by atoms with van der Waals surface area (Å²) in [5, 5.41) is 0. The molecule has 0 saturated carbocycles. The Morgan fingerprint density at radius 1 is 1.64 bits per heavy atom. The summed E-state index contributed by atoms with van der Waals surface area (Å²) in [5.74, 6) is 0.451. The zero-order chi connectivity index (χ0) is 8.65. The first-order valence-electron chi connectivity index (χ1n) is 2.95. The van der Waals surface area contributed by atoms with Gasteiger partial charge >= 0.3 is 0 Å². The Morgan fingerprint density at radius 2 is 2.18 bits per heavy atom. The van der Waals surface area contributed by atoms with Crippen molar-refractivity contribution in [3.8, 4) is 0 Å². The first-order chi connectivity index (χ1) is 4.93. The van der Waals surface area contributed by atoms with E-state index >= 15 is 0 Å². The number of aromatic nitrogens is 2. The largest absolute Gasteiger partial charge is 0.278 e. The number of hydrogen-bond acceptors (Lipinski definition) is 2. The van der Waals surface area contributed by atoms with E-state index < -0.39 is 11.2 Å². The summed E-state index contributed by atoms with van der Waals surface area (Å²) in [6, 6.07) is 0. The van der Waals surface area contributed by atoms with E-state index in [0.29, 0.717) is 5.82 Å². The summed E-state index contributed by atoms with van der Waals surface area (Å²) in [6.07, 6.45) is 2.83. The number of imidazole rings is 1. The molecule has 0 amide bonds. The van der Waals surface area contributed by atoms with Gasteiger partial charge in [-0.1, -0.05) is 3.97 Å². The third-order valence-corrected chi connectivity index (χ3v) is 2.39. The van der Waals surface area contributed by atoms with Crippen LogP contribution in [0, 0.1) is 6.92 Å². The van der Waals surface area contributed by atoms with E-state index in [1.54, 1.807) is 24.7 Å². The van der Waals surface area contributed by atoms with Crippen molar-refractivity contribution < 1.29 is 17.6 Å². The monoisotopic (exact) mass is 181 g/mol. The normalized spacial score (nSPS) is 13.5. The van der Waals surface area contributed by atoms with Gasteiger partial charge in [0.2, 0.25) is 0 Å². The molecule has 4 nitrogen and oxygen atoms in total. The van der Waals surface area contributed by atoms with E-state index in [2.05, 4.69) is 0 Å². The zero-order valence-electron chi connectivity index (χ0n) is 6.23. The van der Waals surface area contributed by atoms with E-state index in [-0.39, 0.29) is 0 Å². The fourth-order valence-corrected chi connectivity index (χ4v) is 1.45. The maximum Gasteiger partial charge on any atom is 0.278 e. The van der Waals surface area contributed by atoms with Gasteiger partial charge in [0, 0.05) is 6.92 Å². The average Bonchev–Trinajstić information content (AvgIpc) is 2.11. The van der Waals surface area contributed by atoms with Crippen molar-refractivity contribution in [1.82, 2.24) is 3.97 Å². The van der Waals surface area contributed by atoms with Crippen LogP contribution in [-0.2, 0) is 7.05 Å². The topological polar surface area (TPSA) is 49.3 Å². The molecule has 1 heterocycles. The second-order valence-electron chi connectivity index (χ2n) is 2.23. The fraction of sp³-hybridized carbons (Fsp3) is 0.400. The van der Waals surface area contributed by atoms with Gasteiger partial charge in [-0.05, 0) is 3.89 Å². The number of rotatable bonds is 1. The van der Waals surface area contributed by atoms with Crippen LogP contribution in [0.4, 0.5) is 3.89 Å². The lowest BCUT2D eigenvalue weighted by Gasteiger charge is -2.15. The molecule has 11 heavy (non-hydrogen) atoms. The van der Waals surface area contributed by atoms with Gasteiger partial charge in [0.25, 0.3) is 5.82 Å². The smallest absolute Gasteiger partial charge is 0.240 e. The highest BCUT2D eigenvalue weighted by Crippen LogP contribution is 2.41. The Bertz CT molecular complexity index is 268. The molecule has 0 bridgehead atoms. The van der Waals surface area contributed by atoms with Crippen LogP contribution >= 0.6 is 11.2 Å². The van der Waals surface area contributed by atoms with Crippen molar-refractivity contribution in [3.05, 3.63) is 18.2 Å². The highest BCUT2D eigenvalue weighted by molar-refractivity contribution is 8.18. The lowest BCUT2D eigenvalue weighted by molar-refractivity contribution is -0.676. The molecule has 2 N–H and O–H groups in total. The van der Waals surface area contributed by atoms with Gasteiger partial charge < -0.3 is 0 Å². The molecule has 0 saturated heterocycles. The first-order valence-corrected chi connectivity index (χ1v) is 4.35. The standard InChI is InChI=1S/C5H9FN2O2S/c1-5-7(2)3-4-8(5)11(6,9)10/h3-4H,1-2H3,(H-,9,10)/p+1. The summed E-state index contributed by atoms with van der Waals surface area (Å²) in [6.45, 7) is 1.59. The maximum absolute atomic E-state index is 12.5. The molecular formula is C5H10FN2O2S+. The molecular weight excluding hydrogens is 171 g/mol. The van der Waals surface area contributed by atoms with Crippen LogP contribution in [0.2, 0.25) is 0 Å². The SMILES string of the molecule is Cc1n(S(O)(O)F)cc[n+]1C. The van der Waals surface area contributed by atoms with Crippen LogP contribution in [0.15, 0.2) is 12.4 Å². The first kappa shape index (κ1) is 8.51. The van der Waals surface area contributed by atoms with E-state index in [4.69, 9.17) is 9.11 Å². The fourth-order valence-electron chi connectivity index (χ4n) is 0.777. The summed E-state index contributed by atoms with van der Waals surface area (Å²) >= 11 is -4.12. The molecule has 0 unspecified atom stereocenters. The van der Waals surface area contributed by atoms with Gasteiger partial charge in [-0.25, -0.2) is 13.7 Å². The van der Waals surface area contributed by atoms with Crippen LogP contribution in [0.5, 0.6) is 0 Å². The predicted octanol–water partition coefficient (Wildman–Crippen LogP) is 1.02. The molecule has 1 aromatic rings. The summed E-state index contributed by atoms with van der Waals surface area (Å²) in [4.78, 5) is 0. The Hall–Kier alpha value is -0.590. The molecule has 64 valence electrons. The van der Waals surface area contributed by atoms with Gasteiger partial charge in [0.1, 0.15) is 17.4 Å². The minimum atomic E-state index is -4.12. The molecule has 1 aromatic heterocycles. The van der Waals surface area contributed by atoms with Crippen molar-refractivity contribution in [2.24, 2.45) is 7.05 Å². The second-order valence-corrected chi connectivity index (χ2v) is 3.53. The molecule has 6 heteroatoms. The molecule has 0 fully saturated rings. The predicted molar refractivity (Wildman–Crippen MR) is 39.7 cm³/mol. The Kier molecular flexibility index (Phi) is 1.91. The average molecular weight is 181 g/mol. The van der Waals surface area contributed by atoms with Gasteiger partial charge in [-0.15, -0.1) is 0 Å². The van der Waals surface area contributed by atoms with Gasteiger partial charge in [-0.2, -0.15) is 0 Å². The zero-order valence-corrected chi connectivity index (χ0v) is 7.05. The van der Waals surface area contributed by atoms with E-state index in [1.807, 2.05) is 0 Å². The molecule has 0 atom stereocenters. The highest BCUT2D eigenvalue weighted by atomic mass is 32.3. The van der Waals surface area contributed by atoms with Gasteiger partial charge in [0.15, 0.2) is 6.20 Å². The summed E-state index contributed by atoms with van der Waals surface area (Å²) < 4.78 is 32.1. The Balaban J connectivity index is 3.15. The maximum atomic E-state index is 12.5. The Labute approximate surface area is 65.7 Å². The lowest BCUT2D eigenvalue weighted by Crippen LogP contribution is -2.29. The summed E-state index contributed by atoms with van der Waals surface area (Å²) in [7, 11) is 1.69. The van der Waals surface area contributed by atoms with Crippen molar-refractivity contribution in [2.75, 3.05) is 0 Å². The van der Waals surface area contributed by atoms with Crippen LogP contribution in [0.25, 0.3) is 0 Å². The van der Waals surface area contributed by atoms with E-state index in [0.717, 1.165) is 3.97 Å². The molecule has 0 aliphatic carbocycles. The molecule has 0 spiro atoms. The lowest BCUT2D eigenvalue weighted by atomic mass is 10.7. The van der Waals surface area contributed by atoms with Crippen LogP contribution < -0.4 is 4.57 Å². The molecule has 1 rings (SSSR count). The number of aryl methyl sites for hydroxylation is 1. The molecule has 0 aliphatic heterocycles.